The number of benzene rings is 3. The number of hydrogen-bond donors (Lipinski definition) is 2. The number of amides is 1. The fourth-order valence-corrected chi connectivity index (χ4v) is 3.62. The van der Waals surface area contributed by atoms with Crippen LogP contribution < -0.4 is 10.2 Å². The van der Waals surface area contributed by atoms with E-state index in [-0.39, 0.29) is 5.91 Å². The molecule has 0 heterocycles. The summed E-state index contributed by atoms with van der Waals surface area (Å²) in [7, 11) is 0. The summed E-state index contributed by atoms with van der Waals surface area (Å²) in [6, 6.07) is 24.1. The van der Waals surface area contributed by atoms with E-state index in [1.165, 1.54) is 11.1 Å². The number of hydrogen-bond acceptors (Lipinski definition) is 1. The smallest absolute Gasteiger partial charge is 0.251 e. The second kappa shape index (κ2) is 11.0. The lowest BCUT2D eigenvalue weighted by Crippen LogP contribution is -3.10. The van der Waals surface area contributed by atoms with Gasteiger partial charge in [-0.15, -0.1) is 0 Å². The van der Waals surface area contributed by atoms with E-state index >= 15 is 0 Å². The third-order valence-electron chi connectivity index (χ3n) is 5.50. The molecule has 0 aliphatic carbocycles. The van der Waals surface area contributed by atoms with E-state index < -0.39 is 0 Å². The Morgan fingerprint density at radius 2 is 1.33 bits per heavy atom. The van der Waals surface area contributed by atoms with E-state index in [1.54, 1.807) is 4.90 Å². The monoisotopic (exact) mass is 421 g/mol. The first-order valence-electron chi connectivity index (χ1n) is 10.6. The Labute approximate surface area is 184 Å². The van der Waals surface area contributed by atoms with Gasteiger partial charge in [0.15, 0.2) is 0 Å². The number of rotatable bonds is 9. The van der Waals surface area contributed by atoms with Gasteiger partial charge in [-0.05, 0) is 61.2 Å². The molecule has 4 heteroatoms. The highest BCUT2D eigenvalue weighted by Gasteiger charge is 2.07. The van der Waals surface area contributed by atoms with Crippen molar-refractivity contribution in [3.63, 3.8) is 0 Å². The molecule has 1 amide bonds. The molecule has 0 aliphatic heterocycles. The largest absolute Gasteiger partial charge is 0.352 e. The van der Waals surface area contributed by atoms with Crippen LogP contribution in [0.15, 0.2) is 72.8 Å². The van der Waals surface area contributed by atoms with Gasteiger partial charge in [-0.3, -0.25) is 4.79 Å². The van der Waals surface area contributed by atoms with Gasteiger partial charge in [0.1, 0.15) is 6.54 Å². The molecule has 3 aromatic rings. The van der Waals surface area contributed by atoms with Crippen molar-refractivity contribution < 1.29 is 9.69 Å². The molecule has 0 aliphatic rings. The Balaban J connectivity index is 1.49. The first-order valence-corrected chi connectivity index (χ1v) is 11.0. The predicted octanol–water partition coefficient (Wildman–Crippen LogP) is 4.40. The van der Waals surface area contributed by atoms with Gasteiger partial charge in [0.2, 0.25) is 0 Å². The number of carbonyl (C=O) groups is 1. The molecule has 0 unspecified atom stereocenters. The Morgan fingerprint density at radius 1 is 0.800 bits per heavy atom. The lowest BCUT2D eigenvalue weighted by atomic mass is 10.0. The zero-order chi connectivity index (χ0) is 21.3. The topological polar surface area (TPSA) is 33.5 Å². The lowest BCUT2D eigenvalue weighted by Gasteiger charge is -2.15. The van der Waals surface area contributed by atoms with Crippen molar-refractivity contribution >= 4 is 17.5 Å². The molecule has 156 valence electrons. The van der Waals surface area contributed by atoms with Gasteiger partial charge in [-0.1, -0.05) is 60.1 Å². The Bertz CT molecular complexity index is 930. The summed E-state index contributed by atoms with van der Waals surface area (Å²) in [6.07, 6.45) is 0.826. The molecule has 0 atom stereocenters. The molecule has 0 bridgehead atoms. The van der Waals surface area contributed by atoms with Crippen molar-refractivity contribution in [3.8, 4) is 11.1 Å². The Hall–Kier alpha value is -2.62. The highest BCUT2D eigenvalue weighted by Crippen LogP contribution is 2.21. The Morgan fingerprint density at radius 3 is 1.90 bits per heavy atom. The number of nitrogens with one attached hydrogen (secondary N) is 2. The number of quaternary nitrogens is 1. The van der Waals surface area contributed by atoms with Crippen LogP contribution in [-0.4, -0.2) is 25.5 Å². The maximum atomic E-state index is 12.4. The third-order valence-corrected chi connectivity index (χ3v) is 5.75. The molecule has 0 aromatic heterocycles. The first kappa shape index (κ1) is 22.1. The minimum absolute atomic E-state index is 0.0422. The van der Waals surface area contributed by atoms with Crippen LogP contribution in [0.3, 0.4) is 0 Å². The van der Waals surface area contributed by atoms with Gasteiger partial charge in [-0.2, -0.15) is 0 Å². The summed E-state index contributed by atoms with van der Waals surface area (Å²) in [5, 5.41) is 3.74. The van der Waals surface area contributed by atoms with Gasteiger partial charge in [-0.25, -0.2) is 0 Å². The average molecular weight is 422 g/mol. The van der Waals surface area contributed by atoms with Crippen molar-refractivity contribution in [2.75, 3.05) is 19.6 Å². The van der Waals surface area contributed by atoms with Gasteiger partial charge in [0.05, 0.1) is 13.1 Å². The van der Waals surface area contributed by atoms with Crippen molar-refractivity contribution in [1.29, 1.82) is 0 Å². The zero-order valence-corrected chi connectivity index (χ0v) is 18.5. The molecular weight excluding hydrogens is 392 g/mol. The first-order chi connectivity index (χ1) is 14.6. The average Bonchev–Trinajstić information content (AvgIpc) is 2.79. The Kier molecular flexibility index (Phi) is 8.06. The fraction of sp³-hybridized carbons (Fsp3) is 0.269. The molecular formula is C26H30ClN2O+. The van der Waals surface area contributed by atoms with Crippen molar-refractivity contribution in [2.45, 2.75) is 26.8 Å². The fourth-order valence-electron chi connectivity index (χ4n) is 3.49. The van der Waals surface area contributed by atoms with Crippen LogP contribution in [0, 0.1) is 0 Å². The molecule has 0 saturated heterocycles. The summed E-state index contributed by atoms with van der Waals surface area (Å²) >= 11 is 5.94. The van der Waals surface area contributed by atoms with Crippen LogP contribution in [0.5, 0.6) is 0 Å². The molecule has 3 aromatic carbocycles. The predicted molar refractivity (Wildman–Crippen MR) is 125 cm³/mol. The van der Waals surface area contributed by atoms with Gasteiger partial charge >= 0.3 is 0 Å². The normalized spacial score (nSPS) is 10.9. The quantitative estimate of drug-likeness (QED) is 0.527. The molecule has 0 spiro atoms. The summed E-state index contributed by atoms with van der Waals surface area (Å²) in [5.74, 6) is -0.0422. The number of carbonyl (C=O) groups excluding carboxylic acids is 1. The van der Waals surface area contributed by atoms with Crippen LogP contribution in [0.4, 0.5) is 0 Å². The van der Waals surface area contributed by atoms with E-state index in [4.69, 9.17) is 11.6 Å². The van der Waals surface area contributed by atoms with E-state index in [0.29, 0.717) is 12.1 Å². The van der Waals surface area contributed by atoms with Crippen LogP contribution >= 0.6 is 11.6 Å². The van der Waals surface area contributed by atoms with Crippen molar-refractivity contribution in [1.82, 2.24) is 5.32 Å². The van der Waals surface area contributed by atoms with Crippen LogP contribution in [0.25, 0.3) is 11.1 Å². The van der Waals surface area contributed by atoms with Gasteiger partial charge in [0.25, 0.3) is 5.91 Å². The maximum Gasteiger partial charge on any atom is 0.251 e. The summed E-state index contributed by atoms with van der Waals surface area (Å²) in [5.41, 5.74) is 5.42. The maximum absolute atomic E-state index is 12.4. The van der Waals surface area contributed by atoms with E-state index in [1.807, 2.05) is 48.5 Å². The third kappa shape index (κ3) is 6.19. The molecule has 30 heavy (non-hydrogen) atoms. The minimum Gasteiger partial charge on any atom is -0.352 e. The lowest BCUT2D eigenvalue weighted by molar-refractivity contribution is -0.910. The summed E-state index contributed by atoms with van der Waals surface area (Å²) in [4.78, 5) is 14.0. The standard InChI is InChI=1S/C26H29ClN2O/c1-3-29(4-2)19-21-7-5-20(6-8-21)17-18-28-26(30)24-11-9-22(10-12-24)23-13-15-25(27)16-14-23/h5-16H,3-4,17-19H2,1-2H3,(H,28,30)/p+1. The van der Waals surface area contributed by atoms with Gasteiger partial charge < -0.3 is 10.2 Å². The molecule has 0 fully saturated rings. The van der Waals surface area contributed by atoms with E-state index in [0.717, 1.165) is 42.2 Å². The van der Waals surface area contributed by atoms with Gasteiger partial charge in [0, 0.05) is 22.7 Å². The second-order valence-electron chi connectivity index (χ2n) is 7.54. The highest BCUT2D eigenvalue weighted by molar-refractivity contribution is 6.30. The second-order valence-corrected chi connectivity index (χ2v) is 7.98. The molecule has 2 N–H and O–H groups in total. The van der Waals surface area contributed by atoms with Crippen molar-refractivity contribution in [2.24, 2.45) is 0 Å². The molecule has 0 radical (unpaired) electrons. The highest BCUT2D eigenvalue weighted by atomic mass is 35.5. The zero-order valence-electron chi connectivity index (χ0n) is 17.7. The number of halogens is 1. The van der Waals surface area contributed by atoms with Crippen LogP contribution in [0.1, 0.15) is 35.3 Å². The van der Waals surface area contributed by atoms with Crippen LogP contribution in [-0.2, 0) is 13.0 Å². The molecule has 3 nitrogen and oxygen atoms in total. The molecule has 3 rings (SSSR count). The van der Waals surface area contributed by atoms with Crippen LogP contribution in [0.2, 0.25) is 5.02 Å². The SMILES string of the molecule is CC[NH+](CC)Cc1ccc(CCNC(=O)c2ccc(-c3ccc(Cl)cc3)cc2)cc1. The molecule has 0 saturated carbocycles. The summed E-state index contributed by atoms with van der Waals surface area (Å²) in [6.45, 7) is 8.42. The van der Waals surface area contributed by atoms with E-state index in [2.05, 4.69) is 43.4 Å². The van der Waals surface area contributed by atoms with E-state index in [9.17, 15) is 4.79 Å². The minimum atomic E-state index is -0.0422. The van der Waals surface area contributed by atoms with Crippen molar-refractivity contribution in [3.05, 3.63) is 94.5 Å². The summed E-state index contributed by atoms with van der Waals surface area (Å²) < 4.78 is 0.